The first-order valence-corrected chi connectivity index (χ1v) is 7.88. The van der Waals surface area contributed by atoms with Crippen molar-refractivity contribution < 1.29 is 0 Å². The number of likely N-dealkylation sites (tertiary alicyclic amines) is 1. The van der Waals surface area contributed by atoms with Crippen LogP contribution >= 0.6 is 0 Å². The van der Waals surface area contributed by atoms with Crippen molar-refractivity contribution in [1.29, 1.82) is 0 Å². The molecular formula is C18H25N3. The summed E-state index contributed by atoms with van der Waals surface area (Å²) in [5, 5.41) is 1.20. The Balaban J connectivity index is 1.84. The highest BCUT2D eigenvalue weighted by Crippen LogP contribution is 2.34. The van der Waals surface area contributed by atoms with Gasteiger partial charge in [0.15, 0.2) is 0 Å². The predicted molar refractivity (Wildman–Crippen MR) is 88.1 cm³/mol. The molecule has 1 aliphatic rings. The van der Waals surface area contributed by atoms with Gasteiger partial charge in [0, 0.05) is 24.2 Å². The van der Waals surface area contributed by atoms with E-state index in [0.717, 1.165) is 18.6 Å². The number of nitrogens with two attached hydrogens (primary N) is 1. The van der Waals surface area contributed by atoms with E-state index in [1.165, 1.54) is 23.8 Å². The van der Waals surface area contributed by atoms with Crippen molar-refractivity contribution in [2.45, 2.75) is 32.7 Å². The molecule has 2 N–H and O–H groups in total. The molecule has 2 heterocycles. The quantitative estimate of drug-likeness (QED) is 0.939. The number of aromatic nitrogens is 1. The summed E-state index contributed by atoms with van der Waals surface area (Å²) < 4.78 is 0. The summed E-state index contributed by atoms with van der Waals surface area (Å²) in [6, 6.07) is 11.0. The third-order valence-electron chi connectivity index (χ3n) is 4.83. The van der Waals surface area contributed by atoms with Gasteiger partial charge in [-0.15, -0.1) is 0 Å². The van der Waals surface area contributed by atoms with Gasteiger partial charge in [-0.3, -0.25) is 9.88 Å². The van der Waals surface area contributed by atoms with Crippen molar-refractivity contribution in [2.75, 3.05) is 19.6 Å². The summed E-state index contributed by atoms with van der Waals surface area (Å²) >= 11 is 0. The number of hydrogen-bond acceptors (Lipinski definition) is 3. The first-order valence-electron chi connectivity index (χ1n) is 7.88. The molecule has 0 saturated carbocycles. The number of fused-ring (bicyclic) bond motifs is 1. The second kappa shape index (κ2) is 5.74. The van der Waals surface area contributed by atoms with E-state index in [1.807, 2.05) is 12.3 Å². The van der Waals surface area contributed by atoms with E-state index in [0.29, 0.717) is 18.0 Å². The third-order valence-corrected chi connectivity index (χ3v) is 4.83. The summed E-state index contributed by atoms with van der Waals surface area (Å²) in [6.45, 7) is 7.68. The monoisotopic (exact) mass is 283 g/mol. The number of rotatable bonds is 3. The maximum atomic E-state index is 6.09. The number of piperidine rings is 1. The van der Waals surface area contributed by atoms with Crippen molar-refractivity contribution in [1.82, 2.24) is 9.88 Å². The fourth-order valence-electron chi connectivity index (χ4n) is 3.24. The molecule has 1 aromatic heterocycles. The first-order chi connectivity index (χ1) is 10.1. The second-order valence-corrected chi connectivity index (χ2v) is 6.91. The standard InChI is InChI=1S/C18H25N3/c1-18(2)7-10-21(11-8-18)17(13-19)15-5-6-16-14(12-15)4-3-9-20-16/h3-6,9,12,17H,7-8,10-11,13,19H2,1-2H3. The minimum Gasteiger partial charge on any atom is -0.329 e. The number of pyridine rings is 1. The Morgan fingerprint density at radius 2 is 2.00 bits per heavy atom. The third kappa shape index (κ3) is 3.09. The zero-order chi connectivity index (χ0) is 14.9. The maximum absolute atomic E-state index is 6.09. The van der Waals surface area contributed by atoms with E-state index in [4.69, 9.17) is 5.73 Å². The lowest BCUT2D eigenvalue weighted by Gasteiger charge is -2.41. The van der Waals surface area contributed by atoms with Crippen molar-refractivity contribution in [2.24, 2.45) is 11.1 Å². The van der Waals surface area contributed by atoms with Crippen LogP contribution in [0.15, 0.2) is 36.5 Å². The molecule has 2 aromatic rings. The highest BCUT2D eigenvalue weighted by atomic mass is 15.2. The number of hydrogen-bond donors (Lipinski definition) is 1. The van der Waals surface area contributed by atoms with Crippen molar-refractivity contribution in [3.8, 4) is 0 Å². The average Bonchev–Trinajstić information content (AvgIpc) is 2.49. The first kappa shape index (κ1) is 14.5. The zero-order valence-electron chi connectivity index (χ0n) is 13.0. The Hall–Kier alpha value is -1.45. The lowest BCUT2D eigenvalue weighted by atomic mass is 9.82. The van der Waals surface area contributed by atoms with Gasteiger partial charge in [-0.2, -0.15) is 0 Å². The molecule has 1 atom stereocenters. The van der Waals surface area contributed by atoms with Crippen LogP contribution in [0.4, 0.5) is 0 Å². The average molecular weight is 283 g/mol. The largest absolute Gasteiger partial charge is 0.329 e. The minimum absolute atomic E-state index is 0.325. The summed E-state index contributed by atoms with van der Waals surface area (Å²) in [6.07, 6.45) is 4.34. The summed E-state index contributed by atoms with van der Waals surface area (Å²) in [4.78, 5) is 6.94. The summed E-state index contributed by atoms with van der Waals surface area (Å²) in [5.74, 6) is 0. The molecule has 1 unspecified atom stereocenters. The van der Waals surface area contributed by atoms with Crippen LogP contribution in [0.3, 0.4) is 0 Å². The molecule has 0 amide bonds. The Labute approximate surface area is 127 Å². The molecule has 21 heavy (non-hydrogen) atoms. The van der Waals surface area contributed by atoms with Crippen LogP contribution in [0.25, 0.3) is 10.9 Å². The fraction of sp³-hybridized carbons (Fsp3) is 0.500. The zero-order valence-corrected chi connectivity index (χ0v) is 13.0. The minimum atomic E-state index is 0.325. The van der Waals surface area contributed by atoms with Crippen LogP contribution in [0.1, 0.15) is 38.3 Å². The van der Waals surface area contributed by atoms with Crippen LogP contribution in [-0.2, 0) is 0 Å². The molecule has 3 heteroatoms. The predicted octanol–water partition coefficient (Wildman–Crippen LogP) is 3.36. The van der Waals surface area contributed by atoms with E-state index >= 15 is 0 Å². The van der Waals surface area contributed by atoms with E-state index in [2.05, 4.69) is 48.0 Å². The lowest BCUT2D eigenvalue weighted by molar-refractivity contribution is 0.0964. The van der Waals surface area contributed by atoms with Gasteiger partial charge in [-0.1, -0.05) is 26.0 Å². The van der Waals surface area contributed by atoms with Crippen molar-refractivity contribution in [3.05, 3.63) is 42.1 Å². The fourth-order valence-corrected chi connectivity index (χ4v) is 3.24. The Bertz CT molecular complexity index is 611. The molecule has 3 nitrogen and oxygen atoms in total. The maximum Gasteiger partial charge on any atom is 0.0702 e. The van der Waals surface area contributed by atoms with Crippen molar-refractivity contribution >= 4 is 10.9 Å². The van der Waals surface area contributed by atoms with Crippen LogP contribution in [0.2, 0.25) is 0 Å². The van der Waals surface area contributed by atoms with Crippen LogP contribution < -0.4 is 5.73 Å². The van der Waals surface area contributed by atoms with Gasteiger partial charge in [-0.25, -0.2) is 0 Å². The Morgan fingerprint density at radius 3 is 2.71 bits per heavy atom. The smallest absolute Gasteiger partial charge is 0.0702 e. The molecule has 1 saturated heterocycles. The van der Waals surface area contributed by atoms with Gasteiger partial charge in [0.05, 0.1) is 5.52 Å². The molecule has 3 rings (SSSR count). The van der Waals surface area contributed by atoms with Crippen molar-refractivity contribution in [3.63, 3.8) is 0 Å². The Morgan fingerprint density at radius 1 is 1.24 bits per heavy atom. The highest BCUT2D eigenvalue weighted by Gasteiger charge is 2.29. The molecule has 112 valence electrons. The number of nitrogens with zero attached hydrogens (tertiary/aromatic N) is 2. The van der Waals surface area contributed by atoms with Gasteiger partial charge in [-0.05, 0) is 55.1 Å². The van der Waals surface area contributed by atoms with E-state index in [9.17, 15) is 0 Å². The highest BCUT2D eigenvalue weighted by molar-refractivity contribution is 5.79. The summed E-state index contributed by atoms with van der Waals surface area (Å²) in [7, 11) is 0. The number of benzene rings is 1. The molecule has 1 aliphatic heterocycles. The van der Waals surface area contributed by atoms with E-state index in [-0.39, 0.29) is 0 Å². The SMILES string of the molecule is CC1(C)CCN(C(CN)c2ccc3ncccc3c2)CC1. The van der Waals surface area contributed by atoms with Gasteiger partial charge in [0.2, 0.25) is 0 Å². The molecule has 0 aliphatic carbocycles. The molecule has 0 radical (unpaired) electrons. The topological polar surface area (TPSA) is 42.1 Å². The molecule has 0 bridgehead atoms. The van der Waals surface area contributed by atoms with Gasteiger partial charge in [0.1, 0.15) is 0 Å². The molecule has 1 aromatic carbocycles. The van der Waals surface area contributed by atoms with Crippen LogP contribution in [0.5, 0.6) is 0 Å². The Kier molecular flexibility index (Phi) is 3.96. The second-order valence-electron chi connectivity index (χ2n) is 6.91. The van der Waals surface area contributed by atoms with E-state index in [1.54, 1.807) is 0 Å². The van der Waals surface area contributed by atoms with Crippen LogP contribution in [0, 0.1) is 5.41 Å². The molecular weight excluding hydrogens is 258 g/mol. The van der Waals surface area contributed by atoms with E-state index < -0.39 is 0 Å². The summed E-state index contributed by atoms with van der Waals surface area (Å²) in [5.41, 5.74) is 8.94. The molecule has 0 spiro atoms. The van der Waals surface area contributed by atoms with Crippen LogP contribution in [-0.4, -0.2) is 29.5 Å². The molecule has 1 fully saturated rings. The van der Waals surface area contributed by atoms with Gasteiger partial charge in [0.25, 0.3) is 0 Å². The van der Waals surface area contributed by atoms with Gasteiger partial charge < -0.3 is 5.73 Å². The lowest BCUT2D eigenvalue weighted by Crippen LogP contribution is -2.42. The van der Waals surface area contributed by atoms with Gasteiger partial charge >= 0.3 is 0 Å². The normalized spacial score (nSPS) is 20.5.